The zero-order valence-electron chi connectivity index (χ0n) is 15.1. The van der Waals surface area contributed by atoms with Gasteiger partial charge in [-0.2, -0.15) is 5.10 Å². The van der Waals surface area contributed by atoms with Gasteiger partial charge in [0.2, 0.25) is 11.3 Å². The van der Waals surface area contributed by atoms with Gasteiger partial charge in [0, 0.05) is 24.4 Å². The zero-order valence-corrected chi connectivity index (χ0v) is 15.1. The van der Waals surface area contributed by atoms with Gasteiger partial charge in [0.15, 0.2) is 0 Å². The SMILES string of the molecule is CC(C)N(Cc1ccccc1)C(=O)CCn1ncc(=O)c2ccccc21. The summed E-state index contributed by atoms with van der Waals surface area (Å²) in [6.07, 6.45) is 1.65. The smallest absolute Gasteiger partial charge is 0.224 e. The summed E-state index contributed by atoms with van der Waals surface area (Å²) in [6.45, 7) is 5.08. The van der Waals surface area contributed by atoms with E-state index in [1.54, 1.807) is 10.7 Å². The monoisotopic (exact) mass is 349 g/mol. The molecule has 0 N–H and O–H groups in total. The standard InChI is InChI=1S/C21H23N3O2/c1-16(2)23(15-17-8-4-3-5-9-17)21(26)12-13-24-19-11-7-6-10-18(19)20(25)14-22-24/h3-11,14,16H,12-13,15H2,1-2H3. The molecule has 0 unspecified atom stereocenters. The lowest BCUT2D eigenvalue weighted by Crippen LogP contribution is -2.37. The minimum Gasteiger partial charge on any atom is -0.336 e. The maximum Gasteiger partial charge on any atom is 0.224 e. The van der Waals surface area contributed by atoms with E-state index in [1.165, 1.54) is 6.20 Å². The summed E-state index contributed by atoms with van der Waals surface area (Å²) in [5.41, 5.74) is 1.77. The van der Waals surface area contributed by atoms with Crippen molar-refractivity contribution in [3.63, 3.8) is 0 Å². The predicted octanol–water partition coefficient (Wildman–Crippen LogP) is 3.22. The number of benzene rings is 2. The molecule has 0 atom stereocenters. The third-order valence-corrected chi connectivity index (χ3v) is 4.44. The number of fused-ring (bicyclic) bond motifs is 1. The number of carbonyl (C=O) groups excluding carboxylic acids is 1. The van der Waals surface area contributed by atoms with E-state index >= 15 is 0 Å². The van der Waals surface area contributed by atoms with E-state index in [2.05, 4.69) is 5.10 Å². The van der Waals surface area contributed by atoms with Gasteiger partial charge >= 0.3 is 0 Å². The lowest BCUT2D eigenvalue weighted by atomic mass is 10.1. The second-order valence-corrected chi connectivity index (χ2v) is 6.60. The molecule has 0 bridgehead atoms. The topological polar surface area (TPSA) is 55.2 Å². The second-order valence-electron chi connectivity index (χ2n) is 6.60. The summed E-state index contributed by atoms with van der Waals surface area (Å²) in [6, 6.07) is 17.4. The molecule has 3 aromatic rings. The van der Waals surface area contributed by atoms with Crippen molar-refractivity contribution < 1.29 is 4.79 Å². The number of amides is 1. The number of hydrogen-bond donors (Lipinski definition) is 0. The highest BCUT2D eigenvalue weighted by atomic mass is 16.2. The quantitative estimate of drug-likeness (QED) is 0.686. The number of nitrogens with zero attached hydrogens (tertiary/aromatic N) is 3. The number of aromatic nitrogens is 2. The largest absolute Gasteiger partial charge is 0.336 e. The van der Waals surface area contributed by atoms with Gasteiger partial charge in [-0.25, -0.2) is 0 Å². The van der Waals surface area contributed by atoms with Gasteiger partial charge in [0.1, 0.15) is 0 Å². The van der Waals surface area contributed by atoms with Crippen LogP contribution in [-0.4, -0.2) is 26.6 Å². The first-order valence-corrected chi connectivity index (χ1v) is 8.84. The van der Waals surface area contributed by atoms with Crippen LogP contribution in [0.1, 0.15) is 25.8 Å². The molecule has 0 aliphatic carbocycles. The molecular formula is C21H23N3O2. The predicted molar refractivity (Wildman–Crippen MR) is 103 cm³/mol. The molecule has 0 fully saturated rings. The van der Waals surface area contributed by atoms with Crippen molar-refractivity contribution in [1.82, 2.24) is 14.7 Å². The van der Waals surface area contributed by atoms with Crippen LogP contribution in [-0.2, 0) is 17.9 Å². The lowest BCUT2D eigenvalue weighted by Gasteiger charge is -2.27. The normalized spacial score (nSPS) is 11.0. The Hall–Kier alpha value is -2.95. The first-order valence-electron chi connectivity index (χ1n) is 8.84. The Morgan fingerprint density at radius 2 is 1.77 bits per heavy atom. The maximum atomic E-state index is 12.8. The molecule has 5 nitrogen and oxygen atoms in total. The average molecular weight is 349 g/mol. The molecule has 0 aliphatic heterocycles. The zero-order chi connectivity index (χ0) is 18.5. The van der Waals surface area contributed by atoms with Gasteiger partial charge in [0.05, 0.1) is 18.3 Å². The van der Waals surface area contributed by atoms with Crippen LogP contribution >= 0.6 is 0 Å². The fourth-order valence-electron chi connectivity index (χ4n) is 3.02. The second kappa shape index (κ2) is 7.95. The van der Waals surface area contributed by atoms with Crippen LogP contribution in [0.4, 0.5) is 0 Å². The first-order chi connectivity index (χ1) is 12.6. The fourth-order valence-corrected chi connectivity index (χ4v) is 3.02. The summed E-state index contributed by atoms with van der Waals surface area (Å²) >= 11 is 0. The minimum atomic E-state index is -0.101. The van der Waals surface area contributed by atoms with Gasteiger partial charge in [-0.1, -0.05) is 42.5 Å². The summed E-state index contributed by atoms with van der Waals surface area (Å²) in [4.78, 5) is 26.6. The number of para-hydroxylation sites is 1. The van der Waals surface area contributed by atoms with Gasteiger partial charge in [0.25, 0.3) is 0 Å². The van der Waals surface area contributed by atoms with Gasteiger partial charge in [-0.3, -0.25) is 14.3 Å². The Labute approximate surface area is 152 Å². The van der Waals surface area contributed by atoms with Crippen LogP contribution in [0.3, 0.4) is 0 Å². The average Bonchev–Trinajstić information content (AvgIpc) is 2.66. The van der Waals surface area contributed by atoms with Crippen molar-refractivity contribution >= 4 is 16.8 Å². The van der Waals surface area contributed by atoms with Crippen LogP contribution in [0.25, 0.3) is 10.9 Å². The Kier molecular flexibility index (Phi) is 5.46. The van der Waals surface area contributed by atoms with Crippen molar-refractivity contribution in [3.8, 4) is 0 Å². The van der Waals surface area contributed by atoms with E-state index in [4.69, 9.17) is 0 Å². The number of rotatable bonds is 6. The lowest BCUT2D eigenvalue weighted by molar-refractivity contribution is -0.133. The Morgan fingerprint density at radius 1 is 1.08 bits per heavy atom. The van der Waals surface area contributed by atoms with Crippen molar-refractivity contribution in [1.29, 1.82) is 0 Å². The fraction of sp³-hybridized carbons (Fsp3) is 0.286. The number of carbonyl (C=O) groups is 1. The Bertz CT molecular complexity index is 948. The van der Waals surface area contributed by atoms with Gasteiger partial charge in [-0.15, -0.1) is 0 Å². The van der Waals surface area contributed by atoms with Crippen LogP contribution in [0.5, 0.6) is 0 Å². The van der Waals surface area contributed by atoms with Crippen LogP contribution in [0, 0.1) is 0 Å². The molecule has 2 aromatic carbocycles. The highest BCUT2D eigenvalue weighted by Gasteiger charge is 2.17. The van der Waals surface area contributed by atoms with Crippen molar-refractivity contribution in [2.24, 2.45) is 0 Å². The molecule has 26 heavy (non-hydrogen) atoms. The molecule has 0 aliphatic rings. The molecule has 1 aromatic heterocycles. The molecule has 3 rings (SSSR count). The molecule has 0 saturated carbocycles. The molecule has 0 saturated heterocycles. The molecule has 1 amide bonds. The van der Waals surface area contributed by atoms with Crippen molar-refractivity contribution in [3.05, 3.63) is 76.6 Å². The maximum absolute atomic E-state index is 12.8. The molecular weight excluding hydrogens is 326 g/mol. The van der Waals surface area contributed by atoms with Crippen LogP contribution in [0.15, 0.2) is 65.6 Å². The third-order valence-electron chi connectivity index (χ3n) is 4.44. The first kappa shape index (κ1) is 17.9. The highest BCUT2D eigenvalue weighted by Crippen LogP contribution is 2.12. The van der Waals surface area contributed by atoms with Crippen molar-refractivity contribution in [2.75, 3.05) is 0 Å². The number of aryl methyl sites for hydroxylation is 1. The van der Waals surface area contributed by atoms with E-state index in [-0.39, 0.29) is 17.4 Å². The Morgan fingerprint density at radius 3 is 2.50 bits per heavy atom. The minimum absolute atomic E-state index is 0.0773. The molecule has 0 spiro atoms. The van der Waals surface area contributed by atoms with E-state index in [1.807, 2.05) is 67.3 Å². The van der Waals surface area contributed by atoms with Gasteiger partial charge < -0.3 is 4.90 Å². The van der Waals surface area contributed by atoms with Crippen LogP contribution in [0.2, 0.25) is 0 Å². The highest BCUT2D eigenvalue weighted by molar-refractivity contribution is 5.79. The van der Waals surface area contributed by atoms with Gasteiger partial charge in [-0.05, 0) is 31.5 Å². The van der Waals surface area contributed by atoms with E-state index in [0.29, 0.717) is 24.9 Å². The summed E-state index contributed by atoms with van der Waals surface area (Å²) < 4.78 is 1.73. The van der Waals surface area contributed by atoms with Crippen molar-refractivity contribution in [2.45, 2.75) is 39.4 Å². The third kappa shape index (κ3) is 3.99. The summed E-state index contributed by atoms with van der Waals surface area (Å²) in [5.74, 6) is 0.0773. The molecule has 134 valence electrons. The molecule has 5 heteroatoms. The summed E-state index contributed by atoms with van der Waals surface area (Å²) in [7, 11) is 0. The van der Waals surface area contributed by atoms with Crippen LogP contribution < -0.4 is 5.43 Å². The summed E-state index contributed by atoms with van der Waals surface area (Å²) in [5, 5.41) is 4.82. The van der Waals surface area contributed by atoms with E-state index in [9.17, 15) is 9.59 Å². The number of hydrogen-bond acceptors (Lipinski definition) is 3. The Balaban J connectivity index is 1.75. The molecule has 1 heterocycles. The molecule has 0 radical (unpaired) electrons. The van der Waals surface area contributed by atoms with E-state index in [0.717, 1.165) is 11.1 Å². The van der Waals surface area contributed by atoms with E-state index < -0.39 is 0 Å².